The molecule has 2 aliphatic heterocycles. The Morgan fingerprint density at radius 3 is 2.69 bits per heavy atom. The Balaban J connectivity index is 1.59. The molecule has 2 aliphatic rings. The van der Waals surface area contributed by atoms with Crippen LogP contribution in [0.2, 0.25) is 0 Å². The first-order chi connectivity index (χ1) is 12.6. The largest absolute Gasteiger partial charge is 0.497 e. The molecule has 26 heavy (non-hydrogen) atoms. The van der Waals surface area contributed by atoms with Crippen molar-refractivity contribution in [3.05, 3.63) is 24.3 Å². The molecule has 0 radical (unpaired) electrons. The number of likely N-dealkylation sites (tertiary alicyclic amines) is 1. The molecule has 1 aromatic rings. The number of ether oxygens (including phenoxy) is 1. The number of rotatable bonds is 3. The molecule has 3 rings (SSSR count). The fourth-order valence-corrected chi connectivity index (χ4v) is 3.40. The number of carbonyl (C=O) groups excluding carboxylic acids is 3. The molecule has 8 heteroatoms. The van der Waals surface area contributed by atoms with Gasteiger partial charge in [0, 0.05) is 37.9 Å². The molecular formula is C18H24N4O4. The van der Waals surface area contributed by atoms with Gasteiger partial charge in [0.2, 0.25) is 5.91 Å². The van der Waals surface area contributed by atoms with Crippen molar-refractivity contribution in [1.29, 1.82) is 0 Å². The van der Waals surface area contributed by atoms with Gasteiger partial charge in [0.1, 0.15) is 5.75 Å². The van der Waals surface area contributed by atoms with E-state index < -0.39 is 11.8 Å². The maximum atomic E-state index is 12.5. The third kappa shape index (κ3) is 4.13. The normalized spacial score (nSPS) is 20.7. The highest BCUT2D eigenvalue weighted by Crippen LogP contribution is 2.18. The predicted molar refractivity (Wildman–Crippen MR) is 95.8 cm³/mol. The van der Waals surface area contributed by atoms with Crippen LogP contribution in [0.5, 0.6) is 5.75 Å². The van der Waals surface area contributed by atoms with Crippen molar-refractivity contribution in [3.8, 4) is 5.75 Å². The number of carbonyl (C=O) groups is 3. The van der Waals surface area contributed by atoms with Crippen molar-refractivity contribution >= 4 is 23.4 Å². The molecule has 2 heterocycles. The highest BCUT2D eigenvalue weighted by atomic mass is 16.5. The van der Waals surface area contributed by atoms with E-state index in [1.54, 1.807) is 36.3 Å². The molecule has 2 saturated heterocycles. The van der Waals surface area contributed by atoms with Crippen LogP contribution in [0.4, 0.5) is 5.69 Å². The summed E-state index contributed by atoms with van der Waals surface area (Å²) in [5.74, 6) is -0.498. The summed E-state index contributed by atoms with van der Waals surface area (Å²) < 4.78 is 5.07. The maximum absolute atomic E-state index is 12.5. The summed E-state index contributed by atoms with van der Waals surface area (Å²) in [5, 5.41) is 5.66. The molecule has 1 atom stereocenters. The Bertz CT molecular complexity index is 676. The van der Waals surface area contributed by atoms with Crippen LogP contribution in [0.1, 0.15) is 12.8 Å². The standard InChI is InChI=1S/C18H24N4O4/c1-26-15-6-4-13(5-7-15)20-17(24)18(25)21-9-2-3-14(12-21)22-10-8-19-11-16(22)23/h4-7,14,19H,2-3,8-12H2,1H3,(H,20,24)/t14-/m1/s1. The lowest BCUT2D eigenvalue weighted by Crippen LogP contribution is -2.58. The average molecular weight is 360 g/mol. The molecule has 0 aliphatic carbocycles. The van der Waals surface area contributed by atoms with Crippen LogP contribution in [0, 0.1) is 0 Å². The Morgan fingerprint density at radius 2 is 2.00 bits per heavy atom. The lowest BCUT2D eigenvalue weighted by Gasteiger charge is -2.40. The highest BCUT2D eigenvalue weighted by molar-refractivity contribution is 6.39. The van der Waals surface area contributed by atoms with Crippen molar-refractivity contribution in [1.82, 2.24) is 15.1 Å². The molecule has 2 N–H and O–H groups in total. The van der Waals surface area contributed by atoms with Gasteiger partial charge in [0.15, 0.2) is 0 Å². The summed E-state index contributed by atoms with van der Waals surface area (Å²) in [6.45, 7) is 2.67. The first-order valence-corrected chi connectivity index (χ1v) is 8.83. The summed E-state index contributed by atoms with van der Waals surface area (Å²) in [6, 6.07) is 6.78. The summed E-state index contributed by atoms with van der Waals surface area (Å²) in [7, 11) is 1.56. The lowest BCUT2D eigenvalue weighted by molar-refractivity contribution is -0.146. The number of anilines is 1. The molecule has 2 fully saturated rings. The number of nitrogens with zero attached hydrogens (tertiary/aromatic N) is 2. The van der Waals surface area contributed by atoms with Crippen LogP contribution in [0.25, 0.3) is 0 Å². The molecule has 1 aromatic carbocycles. The number of amides is 3. The second-order valence-corrected chi connectivity index (χ2v) is 6.49. The van der Waals surface area contributed by atoms with E-state index in [1.807, 2.05) is 4.90 Å². The van der Waals surface area contributed by atoms with Gasteiger partial charge >= 0.3 is 11.8 Å². The van der Waals surface area contributed by atoms with Crippen molar-refractivity contribution in [3.63, 3.8) is 0 Å². The Morgan fingerprint density at radius 1 is 1.23 bits per heavy atom. The molecule has 0 bridgehead atoms. The fraction of sp³-hybridized carbons (Fsp3) is 0.500. The molecule has 0 saturated carbocycles. The summed E-state index contributed by atoms with van der Waals surface area (Å²) in [4.78, 5) is 40.2. The number of nitrogens with one attached hydrogen (secondary N) is 2. The van der Waals surface area contributed by atoms with E-state index in [-0.39, 0.29) is 11.9 Å². The zero-order valence-corrected chi connectivity index (χ0v) is 14.9. The number of methoxy groups -OCH3 is 1. The van der Waals surface area contributed by atoms with Gasteiger partial charge in [0.05, 0.1) is 13.7 Å². The van der Waals surface area contributed by atoms with Crippen molar-refractivity contribution in [2.45, 2.75) is 18.9 Å². The minimum atomic E-state index is -0.664. The van der Waals surface area contributed by atoms with E-state index in [4.69, 9.17) is 4.74 Å². The molecule has 0 spiro atoms. The van der Waals surface area contributed by atoms with E-state index >= 15 is 0 Å². The van der Waals surface area contributed by atoms with Crippen LogP contribution >= 0.6 is 0 Å². The second-order valence-electron chi connectivity index (χ2n) is 6.49. The second kappa shape index (κ2) is 8.18. The highest BCUT2D eigenvalue weighted by Gasteiger charge is 2.33. The molecule has 8 nitrogen and oxygen atoms in total. The average Bonchev–Trinajstić information content (AvgIpc) is 2.68. The molecular weight excluding hydrogens is 336 g/mol. The Labute approximate surface area is 152 Å². The van der Waals surface area contributed by atoms with E-state index in [2.05, 4.69) is 10.6 Å². The minimum Gasteiger partial charge on any atom is -0.497 e. The lowest BCUT2D eigenvalue weighted by atomic mass is 10.0. The predicted octanol–water partition coefficient (Wildman–Crippen LogP) is 0.0565. The van der Waals surface area contributed by atoms with Crippen molar-refractivity contribution in [2.24, 2.45) is 0 Å². The third-order valence-electron chi connectivity index (χ3n) is 4.79. The molecule has 0 aromatic heterocycles. The van der Waals surface area contributed by atoms with E-state index in [1.165, 1.54) is 0 Å². The minimum absolute atomic E-state index is 0.0175. The quantitative estimate of drug-likeness (QED) is 0.744. The number of benzene rings is 1. The van der Waals surface area contributed by atoms with Gasteiger partial charge in [-0.25, -0.2) is 0 Å². The van der Waals surface area contributed by atoms with Gasteiger partial charge in [-0.3, -0.25) is 14.4 Å². The fourth-order valence-electron chi connectivity index (χ4n) is 3.40. The van der Waals surface area contributed by atoms with Gasteiger partial charge in [-0.15, -0.1) is 0 Å². The maximum Gasteiger partial charge on any atom is 0.313 e. The van der Waals surface area contributed by atoms with Crippen LogP contribution in [-0.2, 0) is 14.4 Å². The van der Waals surface area contributed by atoms with Crippen molar-refractivity contribution in [2.75, 3.05) is 45.2 Å². The van der Waals surface area contributed by atoms with Crippen molar-refractivity contribution < 1.29 is 19.1 Å². The summed E-state index contributed by atoms with van der Waals surface area (Å²) in [5.41, 5.74) is 0.537. The van der Waals surface area contributed by atoms with Gasteiger partial charge in [0.25, 0.3) is 0 Å². The number of piperidine rings is 1. The monoisotopic (exact) mass is 360 g/mol. The van der Waals surface area contributed by atoms with Crippen LogP contribution in [0.15, 0.2) is 24.3 Å². The summed E-state index contributed by atoms with van der Waals surface area (Å²) >= 11 is 0. The first kappa shape index (κ1) is 18.2. The Hall–Kier alpha value is -2.61. The zero-order chi connectivity index (χ0) is 18.5. The smallest absolute Gasteiger partial charge is 0.313 e. The summed E-state index contributed by atoms with van der Waals surface area (Å²) in [6.07, 6.45) is 1.64. The van der Waals surface area contributed by atoms with E-state index in [0.717, 1.165) is 19.4 Å². The SMILES string of the molecule is COc1ccc(NC(=O)C(=O)N2CCC[C@@H](N3CCNCC3=O)C2)cc1. The van der Waals surface area contributed by atoms with Crippen LogP contribution in [-0.4, -0.2) is 73.4 Å². The van der Waals surface area contributed by atoms with Crippen LogP contribution < -0.4 is 15.4 Å². The number of hydrogen-bond acceptors (Lipinski definition) is 5. The topological polar surface area (TPSA) is 91.0 Å². The molecule has 140 valence electrons. The van der Waals surface area contributed by atoms with Crippen LogP contribution in [0.3, 0.4) is 0 Å². The Kier molecular flexibility index (Phi) is 5.72. The van der Waals surface area contributed by atoms with Gasteiger partial charge in [-0.05, 0) is 37.1 Å². The van der Waals surface area contributed by atoms with E-state index in [0.29, 0.717) is 37.6 Å². The van der Waals surface area contributed by atoms with Gasteiger partial charge in [-0.1, -0.05) is 0 Å². The third-order valence-corrected chi connectivity index (χ3v) is 4.79. The van der Waals surface area contributed by atoms with Gasteiger partial charge < -0.3 is 25.2 Å². The van der Waals surface area contributed by atoms with Gasteiger partial charge in [-0.2, -0.15) is 0 Å². The number of hydrogen-bond donors (Lipinski definition) is 2. The zero-order valence-electron chi connectivity index (χ0n) is 14.9. The molecule has 0 unspecified atom stereocenters. The van der Waals surface area contributed by atoms with E-state index in [9.17, 15) is 14.4 Å². The number of piperazine rings is 1. The molecule has 3 amide bonds. The first-order valence-electron chi connectivity index (χ1n) is 8.83.